The van der Waals surface area contributed by atoms with Gasteiger partial charge < -0.3 is 14.8 Å². The lowest BCUT2D eigenvalue weighted by Gasteiger charge is -2.35. The molecule has 1 heterocycles. The molecular formula is C16H33NO2. The van der Waals surface area contributed by atoms with Crippen molar-refractivity contribution in [2.45, 2.75) is 84.0 Å². The number of nitrogens with one attached hydrogen (secondary N) is 1. The molecule has 1 aliphatic rings. The third-order valence-electron chi connectivity index (χ3n) is 4.04. The Morgan fingerprint density at radius 2 is 2.16 bits per heavy atom. The Morgan fingerprint density at radius 3 is 2.74 bits per heavy atom. The standard InChI is InChI=1S/C16H33NO2/c1-5-12-17-15(16(3,4)19-6-2)11-7-9-14-10-8-13-18-14/h14-15,17H,5-13H2,1-4H3. The molecule has 0 aromatic heterocycles. The molecule has 3 heteroatoms. The average molecular weight is 271 g/mol. The fourth-order valence-electron chi connectivity index (χ4n) is 2.91. The van der Waals surface area contributed by atoms with Crippen LogP contribution >= 0.6 is 0 Å². The van der Waals surface area contributed by atoms with Crippen molar-refractivity contribution in [3.05, 3.63) is 0 Å². The van der Waals surface area contributed by atoms with E-state index in [0.717, 1.165) is 19.8 Å². The van der Waals surface area contributed by atoms with Crippen LogP contribution in [0.1, 0.15) is 66.2 Å². The Balaban J connectivity index is 2.34. The molecule has 0 aliphatic carbocycles. The van der Waals surface area contributed by atoms with Gasteiger partial charge in [0.2, 0.25) is 0 Å². The minimum absolute atomic E-state index is 0.0829. The van der Waals surface area contributed by atoms with Crippen LogP contribution in [0.5, 0.6) is 0 Å². The molecule has 1 fully saturated rings. The van der Waals surface area contributed by atoms with Gasteiger partial charge in [-0.3, -0.25) is 0 Å². The van der Waals surface area contributed by atoms with Crippen LogP contribution in [-0.2, 0) is 9.47 Å². The highest BCUT2D eigenvalue weighted by Crippen LogP contribution is 2.23. The molecule has 0 aromatic carbocycles. The zero-order chi connectivity index (χ0) is 14.1. The minimum atomic E-state index is -0.0829. The summed E-state index contributed by atoms with van der Waals surface area (Å²) < 4.78 is 11.6. The normalized spacial score (nSPS) is 21.8. The van der Waals surface area contributed by atoms with Gasteiger partial charge in [0.25, 0.3) is 0 Å². The van der Waals surface area contributed by atoms with E-state index >= 15 is 0 Å². The second-order valence-electron chi connectivity index (χ2n) is 6.11. The third kappa shape index (κ3) is 6.24. The average Bonchev–Trinajstić information content (AvgIpc) is 2.86. The van der Waals surface area contributed by atoms with Crippen LogP contribution in [0.3, 0.4) is 0 Å². The highest BCUT2D eigenvalue weighted by molar-refractivity contribution is 4.86. The van der Waals surface area contributed by atoms with Gasteiger partial charge in [0.1, 0.15) is 0 Å². The number of rotatable bonds is 10. The predicted molar refractivity (Wildman–Crippen MR) is 80.6 cm³/mol. The molecular weight excluding hydrogens is 238 g/mol. The summed E-state index contributed by atoms with van der Waals surface area (Å²) in [5.41, 5.74) is -0.0829. The van der Waals surface area contributed by atoms with Gasteiger partial charge in [-0.05, 0) is 65.8 Å². The molecule has 1 rings (SSSR count). The summed E-state index contributed by atoms with van der Waals surface area (Å²) in [6, 6.07) is 0.439. The zero-order valence-electron chi connectivity index (χ0n) is 13.3. The van der Waals surface area contributed by atoms with Gasteiger partial charge in [-0.15, -0.1) is 0 Å². The molecule has 19 heavy (non-hydrogen) atoms. The summed E-state index contributed by atoms with van der Waals surface area (Å²) in [6.07, 6.45) is 7.78. The third-order valence-corrected chi connectivity index (χ3v) is 4.04. The molecule has 1 aliphatic heterocycles. The van der Waals surface area contributed by atoms with Gasteiger partial charge in [0, 0.05) is 19.3 Å². The lowest BCUT2D eigenvalue weighted by Crippen LogP contribution is -2.49. The van der Waals surface area contributed by atoms with Gasteiger partial charge >= 0.3 is 0 Å². The lowest BCUT2D eigenvalue weighted by molar-refractivity contribution is -0.0412. The summed E-state index contributed by atoms with van der Waals surface area (Å²) in [5, 5.41) is 3.65. The molecule has 0 spiro atoms. The summed E-state index contributed by atoms with van der Waals surface area (Å²) in [5.74, 6) is 0. The van der Waals surface area contributed by atoms with Crippen LogP contribution < -0.4 is 5.32 Å². The van der Waals surface area contributed by atoms with Crippen molar-refractivity contribution < 1.29 is 9.47 Å². The first-order chi connectivity index (χ1) is 9.10. The first kappa shape index (κ1) is 16.9. The van der Waals surface area contributed by atoms with Crippen molar-refractivity contribution in [3.63, 3.8) is 0 Å². The highest BCUT2D eigenvalue weighted by Gasteiger charge is 2.29. The van der Waals surface area contributed by atoms with Crippen molar-refractivity contribution in [1.82, 2.24) is 5.32 Å². The van der Waals surface area contributed by atoms with E-state index in [4.69, 9.17) is 9.47 Å². The lowest BCUT2D eigenvalue weighted by atomic mass is 9.92. The Kier molecular flexibility index (Phi) is 7.96. The van der Waals surface area contributed by atoms with E-state index in [2.05, 4.69) is 33.0 Å². The maximum absolute atomic E-state index is 5.92. The number of hydrogen-bond donors (Lipinski definition) is 1. The Labute approximate surface area is 119 Å². The minimum Gasteiger partial charge on any atom is -0.378 e. The first-order valence-electron chi connectivity index (χ1n) is 8.09. The fourth-order valence-corrected chi connectivity index (χ4v) is 2.91. The van der Waals surface area contributed by atoms with Crippen molar-refractivity contribution in [1.29, 1.82) is 0 Å². The summed E-state index contributed by atoms with van der Waals surface area (Å²) in [6.45, 7) is 11.5. The number of hydrogen-bond acceptors (Lipinski definition) is 3. The molecule has 1 saturated heterocycles. The maximum atomic E-state index is 5.92. The molecule has 114 valence electrons. The monoisotopic (exact) mass is 271 g/mol. The fraction of sp³-hybridized carbons (Fsp3) is 1.00. The van der Waals surface area contributed by atoms with Crippen molar-refractivity contribution in [2.75, 3.05) is 19.8 Å². The van der Waals surface area contributed by atoms with E-state index in [0.29, 0.717) is 12.1 Å². The first-order valence-corrected chi connectivity index (χ1v) is 8.09. The van der Waals surface area contributed by atoms with Gasteiger partial charge in [-0.25, -0.2) is 0 Å². The summed E-state index contributed by atoms with van der Waals surface area (Å²) >= 11 is 0. The quantitative estimate of drug-likeness (QED) is 0.659. The van der Waals surface area contributed by atoms with Crippen LogP contribution in [0, 0.1) is 0 Å². The Bertz CT molecular complexity index is 225. The molecule has 2 unspecified atom stereocenters. The summed E-state index contributed by atoms with van der Waals surface area (Å²) in [4.78, 5) is 0. The highest BCUT2D eigenvalue weighted by atomic mass is 16.5. The Hall–Kier alpha value is -0.120. The van der Waals surface area contributed by atoms with E-state index in [1.165, 1.54) is 38.5 Å². The van der Waals surface area contributed by atoms with Gasteiger partial charge in [0.05, 0.1) is 11.7 Å². The SMILES string of the molecule is CCCNC(CCCC1CCCO1)C(C)(C)OCC. The zero-order valence-corrected chi connectivity index (χ0v) is 13.3. The molecule has 0 amide bonds. The van der Waals surface area contributed by atoms with Crippen molar-refractivity contribution in [3.8, 4) is 0 Å². The van der Waals surface area contributed by atoms with Crippen LogP contribution in [-0.4, -0.2) is 37.5 Å². The largest absolute Gasteiger partial charge is 0.378 e. The van der Waals surface area contributed by atoms with Crippen LogP contribution in [0.15, 0.2) is 0 Å². The van der Waals surface area contributed by atoms with Gasteiger partial charge in [-0.1, -0.05) is 6.92 Å². The van der Waals surface area contributed by atoms with E-state index < -0.39 is 0 Å². The van der Waals surface area contributed by atoms with Crippen LogP contribution in [0.4, 0.5) is 0 Å². The van der Waals surface area contributed by atoms with E-state index in [-0.39, 0.29) is 5.60 Å². The van der Waals surface area contributed by atoms with Crippen molar-refractivity contribution >= 4 is 0 Å². The van der Waals surface area contributed by atoms with E-state index in [1.54, 1.807) is 0 Å². The number of ether oxygens (including phenoxy) is 2. The van der Waals surface area contributed by atoms with Crippen molar-refractivity contribution in [2.24, 2.45) is 0 Å². The van der Waals surface area contributed by atoms with Gasteiger partial charge in [-0.2, -0.15) is 0 Å². The van der Waals surface area contributed by atoms with E-state index in [1.807, 2.05) is 0 Å². The van der Waals surface area contributed by atoms with Gasteiger partial charge in [0.15, 0.2) is 0 Å². The molecule has 0 bridgehead atoms. The maximum Gasteiger partial charge on any atom is 0.0778 e. The second-order valence-corrected chi connectivity index (χ2v) is 6.11. The predicted octanol–water partition coefficient (Wildman–Crippen LogP) is 3.52. The smallest absolute Gasteiger partial charge is 0.0778 e. The molecule has 3 nitrogen and oxygen atoms in total. The molecule has 0 aromatic rings. The van der Waals surface area contributed by atoms with Crippen LogP contribution in [0.2, 0.25) is 0 Å². The molecule has 0 radical (unpaired) electrons. The molecule has 2 atom stereocenters. The topological polar surface area (TPSA) is 30.5 Å². The molecule has 1 N–H and O–H groups in total. The van der Waals surface area contributed by atoms with E-state index in [9.17, 15) is 0 Å². The second kappa shape index (κ2) is 8.93. The summed E-state index contributed by atoms with van der Waals surface area (Å²) in [7, 11) is 0. The molecule has 0 saturated carbocycles. The Morgan fingerprint density at radius 1 is 1.37 bits per heavy atom. The van der Waals surface area contributed by atoms with Crippen LogP contribution in [0.25, 0.3) is 0 Å².